The van der Waals surface area contributed by atoms with Gasteiger partial charge in [0.25, 0.3) is 0 Å². The molecule has 48 valence electrons. The van der Waals surface area contributed by atoms with Gasteiger partial charge in [-0.15, -0.1) is 12.8 Å². The lowest BCUT2D eigenvalue weighted by molar-refractivity contribution is 0.251. The van der Waals surface area contributed by atoms with Crippen molar-refractivity contribution >= 4 is 8.60 Å². The summed E-state index contributed by atoms with van der Waals surface area (Å²) in [6.07, 6.45) is 8.67. The zero-order valence-corrected chi connectivity index (χ0v) is 5.38. The molecular formula is C5H5O3P. The minimum atomic E-state index is -2.44. The Morgan fingerprint density at radius 2 is 1.78 bits per heavy atom. The summed E-state index contributed by atoms with van der Waals surface area (Å²) in [6, 6.07) is 0. The first kappa shape index (κ1) is 8.43. The van der Waals surface area contributed by atoms with Crippen LogP contribution in [0, 0.1) is 24.7 Å². The third-order valence-corrected chi connectivity index (χ3v) is 0.902. The molecule has 0 saturated heterocycles. The van der Waals surface area contributed by atoms with Crippen LogP contribution in [0.5, 0.6) is 0 Å². The van der Waals surface area contributed by atoms with Crippen molar-refractivity contribution in [1.29, 1.82) is 0 Å². The van der Waals surface area contributed by atoms with E-state index >= 15 is 0 Å². The predicted molar refractivity (Wildman–Crippen MR) is 33.9 cm³/mol. The van der Waals surface area contributed by atoms with Crippen molar-refractivity contribution in [1.82, 2.24) is 0 Å². The van der Waals surface area contributed by atoms with Crippen LogP contribution in [0.4, 0.5) is 0 Å². The van der Waals surface area contributed by atoms with Crippen molar-refractivity contribution in [2.45, 2.75) is 6.10 Å². The Morgan fingerprint density at radius 1 is 1.33 bits per heavy atom. The van der Waals surface area contributed by atoms with E-state index in [2.05, 4.69) is 4.52 Å². The molecule has 0 amide bonds. The molecule has 0 aliphatic rings. The molecule has 0 rings (SSSR count). The van der Waals surface area contributed by atoms with Crippen LogP contribution in [-0.4, -0.2) is 15.9 Å². The van der Waals surface area contributed by atoms with Gasteiger partial charge in [0, 0.05) is 0 Å². The fraction of sp³-hybridized carbons (Fsp3) is 0.200. The monoisotopic (exact) mass is 144 g/mol. The van der Waals surface area contributed by atoms with E-state index in [0.29, 0.717) is 0 Å². The first-order valence-electron chi connectivity index (χ1n) is 1.97. The maximum absolute atomic E-state index is 8.19. The molecule has 0 bridgehead atoms. The van der Waals surface area contributed by atoms with Gasteiger partial charge in [0.05, 0.1) is 0 Å². The van der Waals surface area contributed by atoms with Gasteiger partial charge in [-0.1, -0.05) is 11.8 Å². The number of rotatable bonds is 2. The molecule has 0 aliphatic carbocycles. The van der Waals surface area contributed by atoms with Gasteiger partial charge in [-0.05, 0) is 0 Å². The van der Waals surface area contributed by atoms with Gasteiger partial charge in [0.1, 0.15) is 0 Å². The summed E-state index contributed by atoms with van der Waals surface area (Å²) in [5.74, 6) is 4.04. The van der Waals surface area contributed by atoms with Crippen molar-refractivity contribution in [3.8, 4) is 24.7 Å². The Bertz CT molecular complexity index is 139. The van der Waals surface area contributed by atoms with E-state index in [9.17, 15) is 0 Å². The van der Waals surface area contributed by atoms with Gasteiger partial charge >= 0.3 is 8.60 Å². The average Bonchev–Trinajstić information content (AvgIpc) is 1.82. The first-order chi connectivity index (χ1) is 4.20. The van der Waals surface area contributed by atoms with Gasteiger partial charge in [-0.25, -0.2) is 0 Å². The van der Waals surface area contributed by atoms with Crippen LogP contribution in [-0.2, 0) is 4.52 Å². The SMILES string of the molecule is C#CC(C#C)OP(O)O. The van der Waals surface area contributed by atoms with Crippen LogP contribution in [0.25, 0.3) is 0 Å². The minimum Gasteiger partial charge on any atom is -0.328 e. The van der Waals surface area contributed by atoms with Gasteiger partial charge in [-0.3, -0.25) is 4.52 Å². The van der Waals surface area contributed by atoms with E-state index in [4.69, 9.17) is 22.6 Å². The van der Waals surface area contributed by atoms with E-state index in [1.807, 2.05) is 11.8 Å². The molecule has 9 heavy (non-hydrogen) atoms. The van der Waals surface area contributed by atoms with Crippen molar-refractivity contribution in [2.75, 3.05) is 0 Å². The van der Waals surface area contributed by atoms with Crippen LogP contribution in [0.2, 0.25) is 0 Å². The van der Waals surface area contributed by atoms with E-state index < -0.39 is 14.7 Å². The van der Waals surface area contributed by atoms with Crippen molar-refractivity contribution in [3.63, 3.8) is 0 Å². The summed E-state index contributed by atoms with van der Waals surface area (Å²) in [6.45, 7) is 0. The highest BCUT2D eigenvalue weighted by molar-refractivity contribution is 7.39. The average molecular weight is 144 g/mol. The molecular weight excluding hydrogens is 139 g/mol. The summed E-state index contributed by atoms with van der Waals surface area (Å²) in [5.41, 5.74) is 0. The van der Waals surface area contributed by atoms with Gasteiger partial charge in [0.2, 0.25) is 0 Å². The number of hydrogen-bond acceptors (Lipinski definition) is 3. The molecule has 0 heterocycles. The zero-order chi connectivity index (χ0) is 7.28. The Morgan fingerprint density at radius 3 is 1.89 bits per heavy atom. The maximum Gasteiger partial charge on any atom is 0.329 e. The summed E-state index contributed by atoms with van der Waals surface area (Å²) in [7, 11) is -2.44. The molecule has 0 atom stereocenters. The largest absolute Gasteiger partial charge is 0.329 e. The molecule has 0 saturated carbocycles. The zero-order valence-electron chi connectivity index (χ0n) is 4.48. The second kappa shape index (κ2) is 4.32. The number of hydrogen-bond donors (Lipinski definition) is 2. The second-order valence-electron chi connectivity index (χ2n) is 1.07. The highest BCUT2D eigenvalue weighted by Crippen LogP contribution is 2.25. The van der Waals surface area contributed by atoms with Crippen molar-refractivity contribution in [3.05, 3.63) is 0 Å². The summed E-state index contributed by atoms with van der Waals surface area (Å²) < 4.78 is 4.25. The molecule has 0 spiro atoms. The van der Waals surface area contributed by atoms with Crippen molar-refractivity contribution in [2.24, 2.45) is 0 Å². The molecule has 0 aromatic carbocycles. The number of terminal acetylenes is 2. The third kappa shape index (κ3) is 3.97. The lowest BCUT2D eigenvalue weighted by Crippen LogP contribution is -2.02. The van der Waals surface area contributed by atoms with Gasteiger partial charge in [0.15, 0.2) is 6.10 Å². The summed E-state index contributed by atoms with van der Waals surface area (Å²) in [5, 5.41) is 0. The summed E-state index contributed by atoms with van der Waals surface area (Å²) >= 11 is 0. The van der Waals surface area contributed by atoms with Crippen LogP contribution in [0.1, 0.15) is 0 Å². The topological polar surface area (TPSA) is 49.7 Å². The van der Waals surface area contributed by atoms with Crippen LogP contribution in [0.15, 0.2) is 0 Å². The third-order valence-electron chi connectivity index (χ3n) is 0.502. The standard InChI is InChI=1S/C5H5O3P/c1-3-5(4-2)8-9(6)7/h1-2,5-7H. The lowest BCUT2D eigenvalue weighted by atomic mass is 10.4. The minimum absolute atomic E-state index is 0.939. The quantitative estimate of drug-likeness (QED) is 0.418. The van der Waals surface area contributed by atoms with E-state index in [0.717, 1.165) is 0 Å². The fourth-order valence-corrected chi connectivity index (χ4v) is 0.514. The van der Waals surface area contributed by atoms with Crippen LogP contribution < -0.4 is 0 Å². The van der Waals surface area contributed by atoms with Gasteiger partial charge in [-0.2, -0.15) is 0 Å². The molecule has 0 aromatic rings. The van der Waals surface area contributed by atoms with Crippen LogP contribution in [0.3, 0.4) is 0 Å². The normalized spacial score (nSPS) is 9.11. The predicted octanol–water partition coefficient (Wildman–Crippen LogP) is -0.150. The molecule has 4 heteroatoms. The Labute approximate surface area is 54.7 Å². The van der Waals surface area contributed by atoms with Gasteiger partial charge < -0.3 is 9.79 Å². The van der Waals surface area contributed by atoms with E-state index in [-0.39, 0.29) is 0 Å². The smallest absolute Gasteiger partial charge is 0.328 e. The molecule has 2 N–H and O–H groups in total. The lowest BCUT2D eigenvalue weighted by Gasteiger charge is -2.03. The highest BCUT2D eigenvalue weighted by Gasteiger charge is 2.05. The van der Waals surface area contributed by atoms with Crippen LogP contribution >= 0.6 is 8.60 Å². The Kier molecular flexibility index (Phi) is 4.05. The molecule has 0 aromatic heterocycles. The molecule has 0 aliphatic heterocycles. The molecule has 0 fully saturated rings. The summed E-state index contributed by atoms with van der Waals surface area (Å²) in [4.78, 5) is 16.4. The second-order valence-corrected chi connectivity index (χ2v) is 1.79. The van der Waals surface area contributed by atoms with E-state index in [1.54, 1.807) is 0 Å². The Hall–Kier alpha value is -0.570. The highest BCUT2D eigenvalue weighted by atomic mass is 31.2. The Balaban J connectivity index is 3.64. The first-order valence-corrected chi connectivity index (χ1v) is 3.14. The van der Waals surface area contributed by atoms with Crippen molar-refractivity contribution < 1.29 is 14.3 Å². The molecule has 3 nitrogen and oxygen atoms in total. The fourth-order valence-electron chi connectivity index (χ4n) is 0.203. The maximum atomic E-state index is 8.19. The molecule has 0 unspecified atom stereocenters. The van der Waals surface area contributed by atoms with E-state index in [1.165, 1.54) is 0 Å². The molecule has 0 radical (unpaired) electrons.